The van der Waals surface area contributed by atoms with Gasteiger partial charge in [0.25, 0.3) is 0 Å². The summed E-state index contributed by atoms with van der Waals surface area (Å²) in [4.78, 5) is 42.7. The number of carbonyl (C=O) groups is 3. The van der Waals surface area contributed by atoms with E-state index in [0.717, 1.165) is 27.8 Å². The lowest BCUT2D eigenvalue weighted by atomic mass is 9.68. The Morgan fingerprint density at radius 2 is 1.21 bits per heavy atom. The summed E-state index contributed by atoms with van der Waals surface area (Å²) in [6, 6.07) is 40.4. The predicted octanol–water partition coefficient (Wildman–Crippen LogP) is 8.87. The fraction of sp³-hybridized carbons (Fsp3) is 0.167. The lowest BCUT2D eigenvalue weighted by Gasteiger charge is -2.34. The van der Waals surface area contributed by atoms with E-state index >= 15 is 0 Å². The number of benzene rings is 5. The summed E-state index contributed by atoms with van der Waals surface area (Å²) in [5, 5.41) is 0. The van der Waals surface area contributed by atoms with Crippen molar-refractivity contribution in [3.8, 4) is 0 Å². The van der Waals surface area contributed by atoms with Gasteiger partial charge in [-0.2, -0.15) is 0 Å². The Kier molecular flexibility index (Phi) is 7.25. The van der Waals surface area contributed by atoms with Gasteiger partial charge in [-0.25, -0.2) is 4.39 Å². The van der Waals surface area contributed by atoms with E-state index in [1.54, 1.807) is 18.2 Å². The molecule has 6 atom stereocenters. The molecular formula is C42H31FO4. The second kappa shape index (κ2) is 11.7. The molecule has 3 aliphatic rings. The van der Waals surface area contributed by atoms with E-state index in [2.05, 4.69) is 0 Å². The highest BCUT2D eigenvalue weighted by atomic mass is 19.1. The fourth-order valence-electron chi connectivity index (χ4n) is 8.31. The summed E-state index contributed by atoms with van der Waals surface area (Å²) in [6.07, 6.45) is 2.07. The molecule has 5 aromatic carbocycles. The van der Waals surface area contributed by atoms with Crippen molar-refractivity contribution in [1.29, 1.82) is 0 Å². The first-order chi connectivity index (χ1) is 23.0. The van der Waals surface area contributed by atoms with Crippen LogP contribution in [0.15, 0.2) is 140 Å². The number of cyclic esters (lactones) is 1. The molecule has 1 unspecified atom stereocenters. The number of rotatable bonds is 7. The van der Waals surface area contributed by atoms with Gasteiger partial charge < -0.3 is 4.74 Å². The van der Waals surface area contributed by atoms with E-state index in [0.29, 0.717) is 16.9 Å². The van der Waals surface area contributed by atoms with Gasteiger partial charge in [-0.05, 0) is 40.5 Å². The van der Waals surface area contributed by atoms with Gasteiger partial charge in [0.05, 0.1) is 5.92 Å². The number of hydrogen-bond acceptors (Lipinski definition) is 4. The van der Waals surface area contributed by atoms with Crippen LogP contribution in [0.4, 0.5) is 4.39 Å². The number of halogens is 1. The number of fused-ring (bicyclic) bond motifs is 4. The molecule has 0 bridgehead atoms. The molecule has 0 saturated heterocycles. The Morgan fingerprint density at radius 3 is 1.91 bits per heavy atom. The molecule has 2 aliphatic carbocycles. The number of ketones is 2. The maximum Gasteiger partial charge on any atom is 0.315 e. The van der Waals surface area contributed by atoms with Gasteiger partial charge in [0, 0.05) is 52.7 Å². The molecule has 0 saturated carbocycles. The molecule has 0 radical (unpaired) electrons. The maximum atomic E-state index is 14.9. The van der Waals surface area contributed by atoms with E-state index in [-0.39, 0.29) is 23.8 Å². The smallest absolute Gasteiger partial charge is 0.315 e. The first-order valence-electron chi connectivity index (χ1n) is 16.0. The molecule has 0 spiro atoms. The van der Waals surface area contributed by atoms with E-state index in [4.69, 9.17) is 4.74 Å². The zero-order valence-corrected chi connectivity index (χ0v) is 25.5. The summed E-state index contributed by atoms with van der Waals surface area (Å²) in [5.41, 5.74) is 5.37. The Labute approximate surface area is 272 Å². The molecule has 47 heavy (non-hydrogen) atoms. The van der Waals surface area contributed by atoms with Crippen LogP contribution in [0.2, 0.25) is 0 Å². The summed E-state index contributed by atoms with van der Waals surface area (Å²) < 4.78 is 21.0. The average molecular weight is 619 g/mol. The Hall–Kier alpha value is -5.42. The van der Waals surface area contributed by atoms with Crippen LogP contribution < -0.4 is 0 Å². The van der Waals surface area contributed by atoms with Gasteiger partial charge in [0.1, 0.15) is 11.6 Å². The van der Waals surface area contributed by atoms with Crippen LogP contribution >= 0.6 is 0 Å². The molecule has 5 heteroatoms. The summed E-state index contributed by atoms with van der Waals surface area (Å²) >= 11 is 0. The number of allylic oxidation sites excluding steroid dienone is 1. The third kappa shape index (κ3) is 4.94. The second-order valence-electron chi connectivity index (χ2n) is 12.7. The largest absolute Gasteiger partial charge is 0.426 e. The highest BCUT2D eigenvalue weighted by Gasteiger charge is 2.57. The van der Waals surface area contributed by atoms with Gasteiger partial charge in [0.2, 0.25) is 0 Å². The molecule has 0 N–H and O–H groups in total. The summed E-state index contributed by atoms with van der Waals surface area (Å²) in [6.45, 7) is 0. The quantitative estimate of drug-likeness (QED) is 0.135. The van der Waals surface area contributed by atoms with Crippen molar-refractivity contribution in [2.45, 2.75) is 30.1 Å². The molecule has 230 valence electrons. The molecule has 1 heterocycles. The first-order valence-corrected chi connectivity index (χ1v) is 16.0. The number of ether oxygens (including phenoxy) is 1. The van der Waals surface area contributed by atoms with E-state index in [1.807, 2.05) is 109 Å². The second-order valence-corrected chi connectivity index (χ2v) is 12.7. The predicted molar refractivity (Wildman–Crippen MR) is 177 cm³/mol. The minimum Gasteiger partial charge on any atom is -0.426 e. The van der Waals surface area contributed by atoms with Gasteiger partial charge in [-0.3, -0.25) is 14.4 Å². The van der Waals surface area contributed by atoms with Crippen molar-refractivity contribution in [3.63, 3.8) is 0 Å². The maximum absolute atomic E-state index is 14.9. The Bertz CT molecular complexity index is 2040. The van der Waals surface area contributed by atoms with Crippen molar-refractivity contribution in [2.24, 2.45) is 11.8 Å². The molecule has 0 amide bonds. The molecule has 0 fully saturated rings. The van der Waals surface area contributed by atoms with Crippen molar-refractivity contribution in [2.75, 3.05) is 0 Å². The van der Waals surface area contributed by atoms with Crippen LogP contribution in [0.3, 0.4) is 0 Å². The molecular weight excluding hydrogens is 587 g/mol. The van der Waals surface area contributed by atoms with Crippen LogP contribution in [0, 0.1) is 17.7 Å². The molecule has 0 aromatic heterocycles. The van der Waals surface area contributed by atoms with Crippen LogP contribution in [0.25, 0.3) is 5.76 Å². The van der Waals surface area contributed by atoms with Crippen molar-refractivity contribution in [3.05, 3.63) is 184 Å². The first kappa shape index (κ1) is 29.0. The SMILES string of the molecule is O=C(C[C@@H]1c2ccccc2C([C@@H]2c3ccc(F)cc3[C@H]3C=C(c4ccccc4)OC(=O)[C@H]32)[C@H]1C(=O)c1ccccc1)c1ccccc1. The standard InChI is InChI=1S/C42H31FO4/c43-28-20-21-31-32(22-28)34-24-36(26-14-6-2-7-15-26)47-42(46)40(34)38(31)37-30-19-11-10-18-29(30)33(23-35(44)25-12-4-1-5-13-25)39(37)41(45)27-16-8-3-9-17-27/h1-22,24,33-34,37-40H,23H2/t33-,34-,37?,38+,39+,40-/m1/s1. The lowest BCUT2D eigenvalue weighted by molar-refractivity contribution is -0.143. The molecule has 5 aromatic rings. The van der Waals surface area contributed by atoms with Gasteiger partial charge in [-0.15, -0.1) is 0 Å². The van der Waals surface area contributed by atoms with E-state index in [9.17, 15) is 18.8 Å². The average Bonchev–Trinajstić information content (AvgIpc) is 3.61. The van der Waals surface area contributed by atoms with E-state index in [1.165, 1.54) is 12.1 Å². The summed E-state index contributed by atoms with van der Waals surface area (Å²) in [5.74, 6) is -3.56. The fourth-order valence-corrected chi connectivity index (χ4v) is 8.31. The van der Waals surface area contributed by atoms with Crippen LogP contribution in [0.1, 0.15) is 78.6 Å². The Morgan fingerprint density at radius 1 is 0.617 bits per heavy atom. The monoisotopic (exact) mass is 618 g/mol. The Balaban J connectivity index is 1.30. The van der Waals surface area contributed by atoms with E-state index < -0.39 is 41.5 Å². The number of hydrogen-bond donors (Lipinski definition) is 0. The van der Waals surface area contributed by atoms with Crippen molar-refractivity contribution in [1.82, 2.24) is 0 Å². The topological polar surface area (TPSA) is 60.4 Å². The van der Waals surface area contributed by atoms with Crippen LogP contribution in [-0.4, -0.2) is 17.5 Å². The van der Waals surface area contributed by atoms with Gasteiger partial charge in [0.15, 0.2) is 11.6 Å². The molecule has 8 rings (SSSR count). The lowest BCUT2D eigenvalue weighted by Crippen LogP contribution is -2.34. The highest BCUT2D eigenvalue weighted by Crippen LogP contribution is 2.63. The zero-order chi connectivity index (χ0) is 32.1. The minimum atomic E-state index is -0.674. The normalized spacial score (nSPS) is 24.0. The number of Topliss-reactive ketones (excluding diaryl/α,β-unsaturated/α-hetero) is 2. The third-order valence-corrected chi connectivity index (χ3v) is 10.2. The minimum absolute atomic E-state index is 0.0452. The highest BCUT2D eigenvalue weighted by molar-refractivity contribution is 6.02. The van der Waals surface area contributed by atoms with Crippen LogP contribution in [-0.2, 0) is 9.53 Å². The third-order valence-electron chi connectivity index (χ3n) is 10.2. The number of carbonyl (C=O) groups excluding carboxylic acids is 3. The van der Waals surface area contributed by atoms with Crippen molar-refractivity contribution < 1.29 is 23.5 Å². The van der Waals surface area contributed by atoms with Gasteiger partial charge >= 0.3 is 5.97 Å². The molecule has 1 aliphatic heterocycles. The van der Waals surface area contributed by atoms with Crippen molar-refractivity contribution >= 4 is 23.3 Å². The summed E-state index contributed by atoms with van der Waals surface area (Å²) in [7, 11) is 0. The number of esters is 1. The molecule has 4 nitrogen and oxygen atoms in total. The zero-order valence-electron chi connectivity index (χ0n) is 25.5. The van der Waals surface area contributed by atoms with Gasteiger partial charge in [-0.1, -0.05) is 121 Å². The van der Waals surface area contributed by atoms with Crippen LogP contribution in [0.5, 0.6) is 0 Å².